The molecule has 1 unspecified atom stereocenters. The standard InChI is InChI=1S/C13H20FN3O3.C2H6.C2H4/c1-3-10(4-2)8-20-12(19)17-7-5-6-13(14,9-17)11(18)16-15;2*1-2/h3-4H,1,5-9,15H2,2H3,(H,16,18);1-2H3;1-2H2/b10-4+;;. The van der Waals surface area contributed by atoms with Gasteiger partial charge in [-0.3, -0.25) is 10.2 Å². The lowest BCUT2D eigenvalue weighted by Gasteiger charge is -2.35. The van der Waals surface area contributed by atoms with Crippen LogP contribution in [0.4, 0.5) is 9.18 Å². The van der Waals surface area contributed by atoms with Crippen LogP contribution < -0.4 is 11.3 Å². The molecule has 6 nitrogen and oxygen atoms in total. The molecule has 0 aromatic carbocycles. The number of rotatable bonds is 4. The first-order valence-electron chi connectivity index (χ1n) is 7.86. The molecule has 2 amide bonds. The molecule has 1 fully saturated rings. The number of likely N-dealkylation sites (tertiary alicyclic amines) is 1. The SMILES string of the molecule is C=C.C=C/C(=C\C)COC(=O)N1CCCC(F)(C(=O)NN)C1.CC. The molecule has 7 heteroatoms. The minimum Gasteiger partial charge on any atom is -0.445 e. The average molecular weight is 343 g/mol. The number of hydrazine groups is 1. The third-order valence-electron chi connectivity index (χ3n) is 3.23. The highest BCUT2D eigenvalue weighted by Gasteiger charge is 2.44. The first kappa shape index (κ1) is 24.1. The summed E-state index contributed by atoms with van der Waals surface area (Å²) in [4.78, 5) is 24.4. The summed E-state index contributed by atoms with van der Waals surface area (Å²) in [5, 5.41) is 0. The molecule has 0 radical (unpaired) electrons. The second-order valence-electron chi connectivity index (χ2n) is 4.59. The van der Waals surface area contributed by atoms with Gasteiger partial charge in [-0.15, -0.1) is 13.2 Å². The van der Waals surface area contributed by atoms with E-state index < -0.39 is 17.7 Å². The van der Waals surface area contributed by atoms with E-state index in [0.29, 0.717) is 13.0 Å². The van der Waals surface area contributed by atoms with E-state index >= 15 is 0 Å². The number of hydrogen-bond acceptors (Lipinski definition) is 4. The summed E-state index contributed by atoms with van der Waals surface area (Å²) in [5.41, 5.74) is 0.381. The molecule has 0 aromatic rings. The summed E-state index contributed by atoms with van der Waals surface area (Å²) in [6.45, 7) is 15.4. The van der Waals surface area contributed by atoms with Crippen molar-refractivity contribution in [2.45, 2.75) is 39.3 Å². The van der Waals surface area contributed by atoms with Crippen molar-refractivity contribution in [1.29, 1.82) is 0 Å². The van der Waals surface area contributed by atoms with Crippen LogP contribution in [-0.4, -0.2) is 42.3 Å². The number of nitrogens with two attached hydrogens (primary N) is 1. The highest BCUT2D eigenvalue weighted by atomic mass is 19.1. The summed E-state index contributed by atoms with van der Waals surface area (Å²) < 4.78 is 19.4. The lowest BCUT2D eigenvalue weighted by atomic mass is 9.94. The number of carbonyl (C=O) groups is 2. The van der Waals surface area contributed by atoms with Gasteiger partial charge in [-0.2, -0.15) is 0 Å². The fraction of sp³-hybridized carbons (Fsp3) is 0.529. The molecular weight excluding hydrogens is 313 g/mol. The lowest BCUT2D eigenvalue weighted by Crippen LogP contribution is -2.57. The van der Waals surface area contributed by atoms with Crippen LogP contribution in [0.15, 0.2) is 37.5 Å². The number of piperidine rings is 1. The van der Waals surface area contributed by atoms with Crippen LogP contribution in [0.1, 0.15) is 33.6 Å². The van der Waals surface area contributed by atoms with Crippen molar-refractivity contribution in [3.05, 3.63) is 37.5 Å². The molecule has 24 heavy (non-hydrogen) atoms. The number of hydrogen-bond donors (Lipinski definition) is 2. The summed E-state index contributed by atoms with van der Waals surface area (Å²) in [7, 11) is 0. The van der Waals surface area contributed by atoms with E-state index in [1.54, 1.807) is 24.5 Å². The zero-order valence-electron chi connectivity index (χ0n) is 14.9. The van der Waals surface area contributed by atoms with Gasteiger partial charge in [-0.25, -0.2) is 15.0 Å². The Balaban J connectivity index is 0. The topological polar surface area (TPSA) is 84.7 Å². The molecule has 138 valence electrons. The Morgan fingerprint density at radius 3 is 2.46 bits per heavy atom. The number of halogens is 1. The van der Waals surface area contributed by atoms with Gasteiger partial charge in [-0.1, -0.05) is 32.6 Å². The number of amides is 2. The van der Waals surface area contributed by atoms with Crippen molar-refractivity contribution in [3.63, 3.8) is 0 Å². The van der Waals surface area contributed by atoms with Crippen molar-refractivity contribution >= 4 is 12.0 Å². The van der Waals surface area contributed by atoms with Crippen LogP contribution in [0.25, 0.3) is 0 Å². The minimum absolute atomic E-state index is 0.0343. The number of ether oxygens (including phenoxy) is 1. The van der Waals surface area contributed by atoms with E-state index in [1.807, 2.05) is 13.8 Å². The molecule has 1 aliphatic rings. The van der Waals surface area contributed by atoms with Gasteiger partial charge in [0.05, 0.1) is 6.54 Å². The lowest BCUT2D eigenvalue weighted by molar-refractivity contribution is -0.136. The van der Waals surface area contributed by atoms with Crippen LogP contribution in [0.5, 0.6) is 0 Å². The Bertz CT molecular complexity index is 441. The fourth-order valence-electron chi connectivity index (χ4n) is 1.98. The zero-order chi connectivity index (χ0) is 19.2. The van der Waals surface area contributed by atoms with E-state index in [9.17, 15) is 14.0 Å². The smallest absolute Gasteiger partial charge is 0.410 e. The zero-order valence-corrected chi connectivity index (χ0v) is 14.9. The molecule has 0 spiro atoms. The second-order valence-corrected chi connectivity index (χ2v) is 4.59. The van der Waals surface area contributed by atoms with Gasteiger partial charge in [0.15, 0.2) is 0 Å². The first-order valence-corrected chi connectivity index (χ1v) is 7.86. The van der Waals surface area contributed by atoms with Gasteiger partial charge < -0.3 is 9.64 Å². The Morgan fingerprint density at radius 1 is 1.42 bits per heavy atom. The summed E-state index contributed by atoms with van der Waals surface area (Å²) in [6.07, 6.45) is 3.09. The molecule has 1 saturated heterocycles. The van der Waals surface area contributed by atoms with Crippen LogP contribution in [-0.2, 0) is 9.53 Å². The van der Waals surface area contributed by atoms with Crippen molar-refractivity contribution in [3.8, 4) is 0 Å². The maximum Gasteiger partial charge on any atom is 0.410 e. The minimum atomic E-state index is -2.16. The van der Waals surface area contributed by atoms with Gasteiger partial charge in [0, 0.05) is 6.54 Å². The van der Waals surface area contributed by atoms with Gasteiger partial charge in [0.25, 0.3) is 5.91 Å². The third-order valence-corrected chi connectivity index (χ3v) is 3.23. The van der Waals surface area contributed by atoms with Gasteiger partial charge in [-0.05, 0) is 25.3 Å². The van der Waals surface area contributed by atoms with Crippen LogP contribution in [0.3, 0.4) is 0 Å². The molecular formula is C17H30FN3O3. The van der Waals surface area contributed by atoms with E-state index in [1.165, 1.54) is 4.90 Å². The van der Waals surface area contributed by atoms with Crippen molar-refractivity contribution in [2.24, 2.45) is 5.84 Å². The van der Waals surface area contributed by atoms with Crippen molar-refractivity contribution in [2.75, 3.05) is 19.7 Å². The fourth-order valence-corrected chi connectivity index (χ4v) is 1.98. The predicted molar refractivity (Wildman–Crippen MR) is 94.9 cm³/mol. The van der Waals surface area contributed by atoms with E-state index in [-0.39, 0.29) is 19.6 Å². The molecule has 0 bridgehead atoms. The van der Waals surface area contributed by atoms with Crippen LogP contribution in [0.2, 0.25) is 0 Å². The summed E-state index contributed by atoms with van der Waals surface area (Å²) >= 11 is 0. The monoisotopic (exact) mass is 343 g/mol. The normalized spacial score (nSPS) is 19.7. The molecule has 1 rings (SSSR count). The molecule has 1 atom stereocenters. The largest absolute Gasteiger partial charge is 0.445 e. The van der Waals surface area contributed by atoms with Gasteiger partial charge >= 0.3 is 6.09 Å². The predicted octanol–water partition coefficient (Wildman–Crippen LogP) is 2.88. The molecule has 0 aromatic heterocycles. The molecule has 0 saturated carbocycles. The maximum atomic E-state index is 14.3. The van der Waals surface area contributed by atoms with Gasteiger partial charge in [0.2, 0.25) is 5.67 Å². The Hall–Kier alpha value is -2.15. The summed E-state index contributed by atoms with van der Waals surface area (Å²) in [5.74, 6) is 4.03. The Labute approximate surface area is 144 Å². The number of carbonyl (C=O) groups excluding carboxylic acids is 2. The molecule has 1 heterocycles. The first-order chi connectivity index (χ1) is 11.5. The van der Waals surface area contributed by atoms with Crippen LogP contribution >= 0.6 is 0 Å². The van der Waals surface area contributed by atoms with Crippen molar-refractivity contribution < 1.29 is 18.7 Å². The van der Waals surface area contributed by atoms with E-state index in [2.05, 4.69) is 19.7 Å². The van der Waals surface area contributed by atoms with Crippen LogP contribution in [0, 0.1) is 0 Å². The van der Waals surface area contributed by atoms with Gasteiger partial charge in [0.1, 0.15) is 6.61 Å². The Kier molecular flexibility index (Phi) is 13.4. The third kappa shape index (κ3) is 7.41. The quantitative estimate of drug-likeness (QED) is 0.270. The number of allylic oxidation sites excluding steroid dienone is 1. The van der Waals surface area contributed by atoms with E-state index in [4.69, 9.17) is 10.6 Å². The Morgan fingerprint density at radius 2 is 2.00 bits per heavy atom. The highest BCUT2D eigenvalue weighted by molar-refractivity contribution is 5.85. The van der Waals surface area contributed by atoms with Crippen molar-refractivity contribution in [1.82, 2.24) is 10.3 Å². The summed E-state index contributed by atoms with van der Waals surface area (Å²) in [6, 6.07) is 0. The second kappa shape index (κ2) is 13.3. The molecule has 3 N–H and O–H groups in total. The molecule has 0 aliphatic carbocycles. The average Bonchev–Trinajstić information content (AvgIpc) is 2.65. The number of nitrogens with zero attached hydrogens (tertiary/aromatic N) is 1. The van der Waals surface area contributed by atoms with E-state index in [0.717, 1.165) is 5.57 Å². The number of alkyl halides is 1. The highest BCUT2D eigenvalue weighted by Crippen LogP contribution is 2.26. The number of nitrogens with one attached hydrogen (secondary N) is 1. The molecule has 1 aliphatic heterocycles. The maximum absolute atomic E-state index is 14.3.